The first-order valence-electron chi connectivity index (χ1n) is 8.71. The van der Waals surface area contributed by atoms with Gasteiger partial charge in [-0.25, -0.2) is 9.67 Å². The minimum atomic E-state index is 0.0116. The molecule has 2 amide bonds. The predicted octanol–water partition coefficient (Wildman–Crippen LogP) is 1.65. The average Bonchev–Trinajstić information content (AvgIpc) is 3.20. The van der Waals surface area contributed by atoms with E-state index in [-0.39, 0.29) is 17.7 Å². The van der Waals surface area contributed by atoms with Crippen molar-refractivity contribution in [2.75, 3.05) is 19.6 Å². The van der Waals surface area contributed by atoms with Gasteiger partial charge in [0.1, 0.15) is 12.7 Å². The first-order chi connectivity index (χ1) is 12.2. The molecule has 1 saturated heterocycles. The molecule has 2 heterocycles. The van der Waals surface area contributed by atoms with Crippen LogP contribution in [0.3, 0.4) is 0 Å². The zero-order valence-corrected chi connectivity index (χ0v) is 14.4. The highest BCUT2D eigenvalue weighted by atomic mass is 16.2. The fourth-order valence-electron chi connectivity index (χ4n) is 3.02. The van der Waals surface area contributed by atoms with Crippen LogP contribution in [0.4, 0.5) is 0 Å². The summed E-state index contributed by atoms with van der Waals surface area (Å²) < 4.78 is 1.65. The molecular formula is C18H23N5O2. The van der Waals surface area contributed by atoms with Gasteiger partial charge in [0, 0.05) is 31.1 Å². The second kappa shape index (κ2) is 7.92. The maximum Gasteiger partial charge on any atom is 0.253 e. The van der Waals surface area contributed by atoms with E-state index in [0.717, 1.165) is 31.5 Å². The highest BCUT2D eigenvalue weighted by Gasteiger charge is 2.27. The Morgan fingerprint density at radius 2 is 1.92 bits per heavy atom. The first kappa shape index (κ1) is 17.1. The van der Waals surface area contributed by atoms with Crippen LogP contribution < -0.4 is 5.32 Å². The van der Waals surface area contributed by atoms with Crippen molar-refractivity contribution in [1.29, 1.82) is 0 Å². The van der Waals surface area contributed by atoms with Gasteiger partial charge in [-0.1, -0.05) is 6.92 Å². The number of likely N-dealkylation sites (tertiary alicyclic amines) is 1. The topological polar surface area (TPSA) is 80.1 Å². The minimum Gasteiger partial charge on any atom is -0.356 e. The summed E-state index contributed by atoms with van der Waals surface area (Å²) in [5, 5.41) is 7.01. The van der Waals surface area contributed by atoms with Crippen molar-refractivity contribution < 1.29 is 9.59 Å². The van der Waals surface area contributed by atoms with E-state index >= 15 is 0 Å². The fourth-order valence-corrected chi connectivity index (χ4v) is 3.02. The van der Waals surface area contributed by atoms with Crippen LogP contribution in [0.5, 0.6) is 0 Å². The molecule has 0 unspecified atom stereocenters. The molecule has 0 aliphatic carbocycles. The Labute approximate surface area is 147 Å². The Kier molecular flexibility index (Phi) is 5.42. The lowest BCUT2D eigenvalue weighted by atomic mass is 9.95. The largest absolute Gasteiger partial charge is 0.356 e. The summed E-state index contributed by atoms with van der Waals surface area (Å²) in [6.45, 7) is 3.99. The van der Waals surface area contributed by atoms with Crippen molar-refractivity contribution in [2.24, 2.45) is 5.92 Å². The summed E-state index contributed by atoms with van der Waals surface area (Å²) in [5.74, 6) is 0.147. The van der Waals surface area contributed by atoms with Gasteiger partial charge in [-0.2, -0.15) is 5.10 Å². The van der Waals surface area contributed by atoms with Crippen molar-refractivity contribution >= 4 is 11.8 Å². The van der Waals surface area contributed by atoms with Crippen molar-refractivity contribution in [2.45, 2.75) is 26.2 Å². The molecule has 2 aromatic rings. The van der Waals surface area contributed by atoms with E-state index < -0.39 is 0 Å². The van der Waals surface area contributed by atoms with Gasteiger partial charge in [0.05, 0.1) is 5.69 Å². The first-order valence-corrected chi connectivity index (χ1v) is 8.71. The molecule has 0 radical (unpaired) electrons. The van der Waals surface area contributed by atoms with E-state index in [1.165, 1.54) is 6.33 Å². The molecule has 7 heteroatoms. The summed E-state index contributed by atoms with van der Waals surface area (Å²) in [6.07, 6.45) is 5.47. The number of hydrogen-bond donors (Lipinski definition) is 1. The second-order valence-electron chi connectivity index (χ2n) is 6.24. The van der Waals surface area contributed by atoms with Crippen LogP contribution >= 0.6 is 0 Å². The molecule has 0 bridgehead atoms. The standard InChI is InChI=1S/C18H23N5O2/c1-2-9-20-17(24)14-7-10-22(11-8-14)18(25)15-3-5-16(6-4-15)23-13-19-12-21-23/h3-6,12-14H,2,7-11H2,1H3,(H,20,24). The van der Waals surface area contributed by atoms with Crippen LogP contribution in [-0.4, -0.2) is 51.1 Å². The molecule has 0 saturated carbocycles. The molecule has 25 heavy (non-hydrogen) atoms. The van der Waals surface area contributed by atoms with Gasteiger partial charge in [0.15, 0.2) is 0 Å². The van der Waals surface area contributed by atoms with Gasteiger partial charge in [-0.3, -0.25) is 9.59 Å². The molecule has 1 aromatic heterocycles. The van der Waals surface area contributed by atoms with Crippen molar-refractivity contribution in [3.8, 4) is 5.69 Å². The van der Waals surface area contributed by atoms with E-state index in [4.69, 9.17) is 0 Å². The number of carbonyl (C=O) groups is 2. The third kappa shape index (κ3) is 4.04. The number of nitrogens with one attached hydrogen (secondary N) is 1. The molecule has 7 nitrogen and oxygen atoms in total. The molecule has 0 spiro atoms. The lowest BCUT2D eigenvalue weighted by Gasteiger charge is -2.31. The van der Waals surface area contributed by atoms with Crippen LogP contribution in [0.2, 0.25) is 0 Å². The minimum absolute atomic E-state index is 0.0116. The number of aromatic nitrogens is 3. The summed E-state index contributed by atoms with van der Waals surface area (Å²) in [5.41, 5.74) is 1.51. The molecule has 1 N–H and O–H groups in total. The summed E-state index contributed by atoms with van der Waals surface area (Å²) >= 11 is 0. The smallest absolute Gasteiger partial charge is 0.253 e. The van der Waals surface area contributed by atoms with Crippen LogP contribution in [0, 0.1) is 5.92 Å². The highest BCUT2D eigenvalue weighted by molar-refractivity contribution is 5.94. The highest BCUT2D eigenvalue weighted by Crippen LogP contribution is 2.20. The molecular weight excluding hydrogens is 318 g/mol. The normalized spacial score (nSPS) is 15.2. The zero-order valence-electron chi connectivity index (χ0n) is 14.4. The molecule has 1 aliphatic rings. The van der Waals surface area contributed by atoms with Gasteiger partial charge in [-0.05, 0) is 43.5 Å². The third-order valence-corrected chi connectivity index (χ3v) is 4.50. The maximum atomic E-state index is 12.6. The van der Waals surface area contributed by atoms with Crippen LogP contribution in [0.1, 0.15) is 36.5 Å². The van der Waals surface area contributed by atoms with Gasteiger partial charge >= 0.3 is 0 Å². The quantitative estimate of drug-likeness (QED) is 0.897. The molecule has 3 rings (SSSR count). The lowest BCUT2D eigenvalue weighted by molar-refractivity contribution is -0.126. The van der Waals surface area contributed by atoms with Gasteiger partial charge < -0.3 is 10.2 Å². The van der Waals surface area contributed by atoms with Crippen molar-refractivity contribution in [1.82, 2.24) is 25.0 Å². The number of benzene rings is 1. The summed E-state index contributed by atoms with van der Waals surface area (Å²) in [7, 11) is 0. The van der Waals surface area contributed by atoms with Crippen LogP contribution in [0.25, 0.3) is 5.69 Å². The van der Waals surface area contributed by atoms with Crippen LogP contribution in [-0.2, 0) is 4.79 Å². The van der Waals surface area contributed by atoms with Crippen LogP contribution in [0.15, 0.2) is 36.9 Å². The lowest BCUT2D eigenvalue weighted by Crippen LogP contribution is -2.43. The summed E-state index contributed by atoms with van der Waals surface area (Å²) in [6, 6.07) is 7.32. The van der Waals surface area contributed by atoms with Crippen molar-refractivity contribution in [3.63, 3.8) is 0 Å². The molecule has 1 aliphatic heterocycles. The Morgan fingerprint density at radius 3 is 2.52 bits per heavy atom. The number of hydrogen-bond acceptors (Lipinski definition) is 4. The molecule has 0 atom stereocenters. The predicted molar refractivity (Wildman–Crippen MR) is 93.3 cm³/mol. The number of carbonyl (C=O) groups excluding carboxylic acids is 2. The van der Waals surface area contributed by atoms with Gasteiger partial charge in [0.2, 0.25) is 5.91 Å². The van der Waals surface area contributed by atoms with E-state index in [1.54, 1.807) is 23.1 Å². The van der Waals surface area contributed by atoms with E-state index in [9.17, 15) is 9.59 Å². The molecule has 132 valence electrons. The maximum absolute atomic E-state index is 12.6. The second-order valence-corrected chi connectivity index (χ2v) is 6.24. The number of nitrogens with zero attached hydrogens (tertiary/aromatic N) is 4. The Balaban J connectivity index is 1.56. The SMILES string of the molecule is CCCNC(=O)C1CCN(C(=O)c2ccc(-n3cncn3)cc2)CC1. The third-order valence-electron chi connectivity index (χ3n) is 4.50. The Bertz CT molecular complexity index is 704. The average molecular weight is 341 g/mol. The Morgan fingerprint density at radius 1 is 1.20 bits per heavy atom. The fraction of sp³-hybridized carbons (Fsp3) is 0.444. The molecule has 1 fully saturated rings. The number of piperidine rings is 1. The Hall–Kier alpha value is -2.70. The number of amides is 2. The molecule has 1 aromatic carbocycles. The zero-order chi connectivity index (χ0) is 17.6. The van der Waals surface area contributed by atoms with E-state index in [2.05, 4.69) is 15.4 Å². The van der Waals surface area contributed by atoms with Crippen molar-refractivity contribution in [3.05, 3.63) is 42.5 Å². The van der Waals surface area contributed by atoms with E-state index in [0.29, 0.717) is 18.7 Å². The monoisotopic (exact) mass is 341 g/mol. The number of rotatable bonds is 5. The van der Waals surface area contributed by atoms with Gasteiger partial charge in [-0.15, -0.1) is 0 Å². The summed E-state index contributed by atoms with van der Waals surface area (Å²) in [4.78, 5) is 30.4. The van der Waals surface area contributed by atoms with E-state index in [1.807, 2.05) is 24.0 Å². The van der Waals surface area contributed by atoms with Gasteiger partial charge in [0.25, 0.3) is 5.91 Å².